The number of non-ortho nitro benzene ring substituents is 1. The first-order valence-corrected chi connectivity index (χ1v) is 7.05. The van der Waals surface area contributed by atoms with Gasteiger partial charge in [0.15, 0.2) is 0 Å². The van der Waals surface area contributed by atoms with Crippen LogP contribution in [-0.2, 0) is 13.6 Å². The van der Waals surface area contributed by atoms with Gasteiger partial charge in [-0.2, -0.15) is 0 Å². The Balaban J connectivity index is 2.12. The van der Waals surface area contributed by atoms with E-state index >= 15 is 0 Å². The van der Waals surface area contributed by atoms with Crippen LogP contribution < -0.4 is 5.32 Å². The lowest BCUT2D eigenvalue weighted by Crippen LogP contribution is -2.22. The first-order valence-electron chi connectivity index (χ1n) is 7.05. The Morgan fingerprint density at radius 2 is 2.29 bits per heavy atom. The molecular weight excluding hydrogens is 268 g/mol. The Labute approximate surface area is 124 Å². The maximum atomic E-state index is 10.9. The summed E-state index contributed by atoms with van der Waals surface area (Å²) in [6.45, 7) is 2.74. The fourth-order valence-corrected chi connectivity index (χ4v) is 2.31. The molecule has 0 saturated carbocycles. The number of hydrogen-bond donors (Lipinski definition) is 1. The lowest BCUT2D eigenvalue weighted by Gasteiger charge is -2.18. The number of aryl methyl sites for hydroxylation is 1. The molecule has 6 heteroatoms. The number of nitro benzene ring substituents is 1. The largest absolute Gasteiger partial charge is 0.337 e. The fourth-order valence-electron chi connectivity index (χ4n) is 2.31. The van der Waals surface area contributed by atoms with Crippen molar-refractivity contribution in [2.75, 3.05) is 0 Å². The number of nitrogens with zero attached hydrogens (tertiary/aromatic N) is 3. The second-order valence-electron chi connectivity index (χ2n) is 5.03. The second kappa shape index (κ2) is 6.99. The quantitative estimate of drug-likeness (QED) is 0.628. The SMILES string of the molecule is CCCC(NCc1nccn1C)c1cccc([N+](=O)[O-])c1. The first kappa shape index (κ1) is 15.2. The standard InChI is InChI=1S/C15H20N4O2/c1-3-5-14(17-11-15-16-8-9-18(15)2)12-6-4-7-13(10-12)19(20)21/h4,6-10,14,17H,3,5,11H2,1-2H3. The maximum Gasteiger partial charge on any atom is 0.269 e. The van der Waals surface area contributed by atoms with Crippen molar-refractivity contribution in [2.24, 2.45) is 7.05 Å². The molecule has 1 unspecified atom stereocenters. The summed E-state index contributed by atoms with van der Waals surface area (Å²) in [5, 5.41) is 14.3. The molecule has 0 aliphatic rings. The Bertz CT molecular complexity index is 609. The summed E-state index contributed by atoms with van der Waals surface area (Å²) in [5.74, 6) is 0.946. The molecule has 1 N–H and O–H groups in total. The molecule has 1 heterocycles. The van der Waals surface area contributed by atoms with E-state index in [0.29, 0.717) is 6.54 Å². The zero-order valence-electron chi connectivity index (χ0n) is 12.3. The number of rotatable bonds is 7. The molecule has 1 aromatic carbocycles. The molecule has 0 aliphatic heterocycles. The highest BCUT2D eigenvalue weighted by atomic mass is 16.6. The molecule has 0 bridgehead atoms. The van der Waals surface area contributed by atoms with Crippen molar-refractivity contribution in [3.8, 4) is 0 Å². The van der Waals surface area contributed by atoms with Crippen molar-refractivity contribution in [3.63, 3.8) is 0 Å². The summed E-state index contributed by atoms with van der Waals surface area (Å²) in [6.07, 6.45) is 5.59. The van der Waals surface area contributed by atoms with Gasteiger partial charge in [0.05, 0.1) is 11.5 Å². The van der Waals surface area contributed by atoms with Gasteiger partial charge in [-0.25, -0.2) is 4.98 Å². The van der Waals surface area contributed by atoms with Crippen LogP contribution in [0, 0.1) is 10.1 Å². The predicted octanol–water partition coefficient (Wildman–Crippen LogP) is 2.96. The zero-order chi connectivity index (χ0) is 15.2. The molecule has 2 aromatic rings. The second-order valence-corrected chi connectivity index (χ2v) is 5.03. The average Bonchev–Trinajstić information content (AvgIpc) is 2.89. The average molecular weight is 288 g/mol. The van der Waals surface area contributed by atoms with E-state index in [0.717, 1.165) is 24.2 Å². The number of hydrogen-bond acceptors (Lipinski definition) is 4. The number of nitro groups is 1. The van der Waals surface area contributed by atoms with Crippen LogP contribution in [0.25, 0.3) is 0 Å². The summed E-state index contributed by atoms with van der Waals surface area (Å²) in [4.78, 5) is 14.8. The third kappa shape index (κ3) is 3.88. The van der Waals surface area contributed by atoms with Crippen LogP contribution in [-0.4, -0.2) is 14.5 Å². The summed E-state index contributed by atoms with van der Waals surface area (Å²) in [7, 11) is 1.95. The minimum absolute atomic E-state index is 0.0894. The van der Waals surface area contributed by atoms with E-state index in [9.17, 15) is 10.1 Å². The lowest BCUT2D eigenvalue weighted by atomic mass is 10.0. The van der Waals surface area contributed by atoms with E-state index in [-0.39, 0.29) is 16.7 Å². The zero-order valence-corrected chi connectivity index (χ0v) is 12.3. The minimum atomic E-state index is -0.356. The molecule has 1 atom stereocenters. The monoisotopic (exact) mass is 288 g/mol. The Kier molecular flexibility index (Phi) is 5.05. The molecule has 21 heavy (non-hydrogen) atoms. The van der Waals surface area contributed by atoms with Gasteiger partial charge < -0.3 is 9.88 Å². The molecule has 0 fully saturated rings. The summed E-state index contributed by atoms with van der Waals surface area (Å²) in [5.41, 5.74) is 1.08. The summed E-state index contributed by atoms with van der Waals surface area (Å²) >= 11 is 0. The number of benzene rings is 1. The molecule has 0 saturated heterocycles. The first-order chi connectivity index (χ1) is 10.1. The van der Waals surface area contributed by atoms with E-state index in [1.165, 1.54) is 6.07 Å². The van der Waals surface area contributed by atoms with Crippen LogP contribution in [0.1, 0.15) is 37.2 Å². The third-order valence-corrected chi connectivity index (χ3v) is 3.49. The molecule has 112 valence electrons. The highest BCUT2D eigenvalue weighted by Gasteiger charge is 2.14. The molecular formula is C15H20N4O2. The van der Waals surface area contributed by atoms with Crippen molar-refractivity contribution >= 4 is 5.69 Å². The van der Waals surface area contributed by atoms with Gasteiger partial charge in [0, 0.05) is 37.6 Å². The molecule has 2 rings (SSSR count). The van der Waals surface area contributed by atoms with Gasteiger partial charge in [-0.3, -0.25) is 10.1 Å². The van der Waals surface area contributed by atoms with Crippen molar-refractivity contribution in [1.29, 1.82) is 0 Å². The molecule has 1 aromatic heterocycles. The number of imidazole rings is 1. The molecule has 0 amide bonds. The predicted molar refractivity (Wildman–Crippen MR) is 80.8 cm³/mol. The number of aromatic nitrogens is 2. The van der Waals surface area contributed by atoms with Crippen LogP contribution in [0.4, 0.5) is 5.69 Å². The van der Waals surface area contributed by atoms with Crippen LogP contribution in [0.2, 0.25) is 0 Å². The molecule has 6 nitrogen and oxygen atoms in total. The lowest BCUT2D eigenvalue weighted by molar-refractivity contribution is -0.384. The maximum absolute atomic E-state index is 10.9. The minimum Gasteiger partial charge on any atom is -0.337 e. The smallest absolute Gasteiger partial charge is 0.269 e. The van der Waals surface area contributed by atoms with E-state index in [2.05, 4.69) is 17.2 Å². The molecule has 0 aliphatic carbocycles. The van der Waals surface area contributed by atoms with E-state index in [1.54, 1.807) is 18.3 Å². The summed E-state index contributed by atoms with van der Waals surface area (Å²) < 4.78 is 1.96. The van der Waals surface area contributed by atoms with Crippen molar-refractivity contribution in [1.82, 2.24) is 14.9 Å². The Morgan fingerprint density at radius 3 is 2.90 bits per heavy atom. The van der Waals surface area contributed by atoms with Gasteiger partial charge >= 0.3 is 0 Å². The van der Waals surface area contributed by atoms with Crippen LogP contribution in [0.3, 0.4) is 0 Å². The Hall–Kier alpha value is -2.21. The van der Waals surface area contributed by atoms with Crippen molar-refractivity contribution < 1.29 is 4.92 Å². The van der Waals surface area contributed by atoms with Gasteiger partial charge in [0.25, 0.3) is 5.69 Å². The van der Waals surface area contributed by atoms with Crippen LogP contribution in [0.15, 0.2) is 36.7 Å². The topological polar surface area (TPSA) is 73.0 Å². The van der Waals surface area contributed by atoms with Crippen LogP contribution >= 0.6 is 0 Å². The van der Waals surface area contributed by atoms with Gasteiger partial charge in [-0.05, 0) is 12.0 Å². The molecule has 0 radical (unpaired) electrons. The van der Waals surface area contributed by atoms with Gasteiger partial charge in [-0.1, -0.05) is 25.5 Å². The van der Waals surface area contributed by atoms with Crippen LogP contribution in [0.5, 0.6) is 0 Å². The Morgan fingerprint density at radius 1 is 1.48 bits per heavy atom. The van der Waals surface area contributed by atoms with Crippen molar-refractivity contribution in [2.45, 2.75) is 32.4 Å². The van der Waals surface area contributed by atoms with Crippen molar-refractivity contribution in [3.05, 3.63) is 58.2 Å². The fraction of sp³-hybridized carbons (Fsp3) is 0.400. The van der Waals surface area contributed by atoms with Gasteiger partial charge in [0.2, 0.25) is 0 Å². The van der Waals surface area contributed by atoms with E-state index in [1.807, 2.05) is 23.9 Å². The highest BCUT2D eigenvalue weighted by molar-refractivity contribution is 5.35. The van der Waals surface area contributed by atoms with E-state index in [4.69, 9.17) is 0 Å². The van der Waals surface area contributed by atoms with E-state index < -0.39 is 0 Å². The highest BCUT2D eigenvalue weighted by Crippen LogP contribution is 2.23. The normalized spacial score (nSPS) is 12.3. The molecule has 0 spiro atoms. The van der Waals surface area contributed by atoms with Gasteiger partial charge in [-0.15, -0.1) is 0 Å². The van der Waals surface area contributed by atoms with Gasteiger partial charge in [0.1, 0.15) is 5.82 Å². The summed E-state index contributed by atoms with van der Waals surface area (Å²) in [6, 6.07) is 6.92. The number of nitrogens with one attached hydrogen (secondary N) is 1. The third-order valence-electron chi connectivity index (χ3n) is 3.49.